The molecule has 2 N–H and O–H groups in total. The van der Waals surface area contributed by atoms with Gasteiger partial charge in [-0.05, 0) is 30.2 Å². The van der Waals surface area contributed by atoms with E-state index in [2.05, 4.69) is 10.3 Å². The lowest BCUT2D eigenvalue weighted by atomic mass is 10.2. The van der Waals surface area contributed by atoms with Crippen LogP contribution in [0, 0.1) is 6.92 Å². The van der Waals surface area contributed by atoms with E-state index < -0.39 is 0 Å². The molecule has 2 aromatic heterocycles. The minimum absolute atomic E-state index is 0.0645. The van der Waals surface area contributed by atoms with Crippen molar-refractivity contribution in [2.45, 2.75) is 13.5 Å². The standard InChI is InChI=1S/C24H24N4O4S2/c1-16-7-8-20-26-21(25-9-11-32-12-10-29)18(22(30)27(20)14-16)13-19-23(31)28(24(33)34-19)15-17-5-3-2-4-6-17/h2-8,13-14,25,29H,9-12,15H2,1H3/b19-13+. The molecule has 0 aliphatic carbocycles. The molecule has 1 fully saturated rings. The van der Waals surface area contributed by atoms with Gasteiger partial charge < -0.3 is 15.2 Å². The maximum Gasteiger partial charge on any atom is 0.267 e. The number of ether oxygens (including phenoxy) is 1. The third kappa shape index (κ3) is 5.36. The van der Waals surface area contributed by atoms with Gasteiger partial charge in [-0.15, -0.1) is 0 Å². The molecule has 34 heavy (non-hydrogen) atoms. The lowest BCUT2D eigenvalue weighted by molar-refractivity contribution is -0.122. The van der Waals surface area contributed by atoms with Crippen molar-refractivity contribution in [2.75, 3.05) is 31.7 Å². The number of thiocarbonyl (C=S) groups is 1. The number of carbonyl (C=O) groups is 1. The van der Waals surface area contributed by atoms with E-state index in [1.54, 1.807) is 18.3 Å². The first-order chi connectivity index (χ1) is 16.5. The number of nitrogens with zero attached hydrogens (tertiary/aromatic N) is 3. The van der Waals surface area contributed by atoms with Gasteiger partial charge in [-0.25, -0.2) is 4.98 Å². The van der Waals surface area contributed by atoms with Crippen LogP contribution in [-0.4, -0.2) is 56.0 Å². The van der Waals surface area contributed by atoms with E-state index in [4.69, 9.17) is 22.1 Å². The van der Waals surface area contributed by atoms with Crippen LogP contribution in [0.3, 0.4) is 0 Å². The monoisotopic (exact) mass is 496 g/mol. The molecule has 3 heterocycles. The van der Waals surface area contributed by atoms with Crippen LogP contribution in [0.4, 0.5) is 5.82 Å². The summed E-state index contributed by atoms with van der Waals surface area (Å²) in [6.07, 6.45) is 3.28. The van der Waals surface area contributed by atoms with Gasteiger partial charge in [0.05, 0.1) is 36.8 Å². The number of amides is 1. The van der Waals surface area contributed by atoms with Crippen molar-refractivity contribution in [3.63, 3.8) is 0 Å². The van der Waals surface area contributed by atoms with Crippen LogP contribution in [0.25, 0.3) is 11.7 Å². The maximum absolute atomic E-state index is 13.4. The molecule has 1 saturated heterocycles. The number of rotatable bonds is 9. The highest BCUT2D eigenvalue weighted by atomic mass is 32.2. The van der Waals surface area contributed by atoms with Crippen LogP contribution in [0.1, 0.15) is 16.7 Å². The number of carbonyl (C=O) groups excluding carboxylic acids is 1. The number of aliphatic hydroxyl groups is 1. The van der Waals surface area contributed by atoms with Crippen LogP contribution in [-0.2, 0) is 16.1 Å². The molecule has 0 saturated carbocycles. The molecular weight excluding hydrogens is 472 g/mol. The van der Waals surface area contributed by atoms with Crippen molar-refractivity contribution in [1.29, 1.82) is 0 Å². The van der Waals surface area contributed by atoms with Crippen LogP contribution in [0.5, 0.6) is 0 Å². The van der Waals surface area contributed by atoms with Gasteiger partial charge in [0.25, 0.3) is 11.5 Å². The molecule has 176 valence electrons. The predicted octanol–water partition coefficient (Wildman–Crippen LogP) is 2.83. The number of hydrogen-bond acceptors (Lipinski definition) is 8. The quantitative estimate of drug-likeness (QED) is 0.265. The van der Waals surface area contributed by atoms with Crippen molar-refractivity contribution < 1.29 is 14.6 Å². The molecule has 0 bridgehead atoms. The van der Waals surface area contributed by atoms with Crippen molar-refractivity contribution in [3.8, 4) is 0 Å². The summed E-state index contributed by atoms with van der Waals surface area (Å²) < 4.78 is 7.20. The molecular formula is C24H24N4O4S2. The zero-order chi connectivity index (χ0) is 24.1. The van der Waals surface area contributed by atoms with Crippen molar-refractivity contribution in [3.05, 3.63) is 80.6 Å². The van der Waals surface area contributed by atoms with Crippen LogP contribution < -0.4 is 10.9 Å². The summed E-state index contributed by atoms with van der Waals surface area (Å²) in [5.74, 6) is 0.111. The number of pyridine rings is 1. The van der Waals surface area contributed by atoms with Gasteiger partial charge in [0.1, 0.15) is 15.8 Å². The highest BCUT2D eigenvalue weighted by Crippen LogP contribution is 2.34. The van der Waals surface area contributed by atoms with E-state index in [0.29, 0.717) is 40.4 Å². The molecule has 0 unspecified atom stereocenters. The van der Waals surface area contributed by atoms with Crippen LogP contribution in [0.2, 0.25) is 0 Å². The largest absolute Gasteiger partial charge is 0.394 e. The summed E-state index contributed by atoms with van der Waals surface area (Å²) in [7, 11) is 0. The average molecular weight is 497 g/mol. The lowest BCUT2D eigenvalue weighted by Gasteiger charge is -2.14. The average Bonchev–Trinajstić information content (AvgIpc) is 3.09. The Labute approximate surface area is 206 Å². The Hall–Kier alpha value is -3.05. The van der Waals surface area contributed by atoms with Gasteiger partial charge in [0.2, 0.25) is 0 Å². The van der Waals surface area contributed by atoms with Crippen molar-refractivity contribution in [1.82, 2.24) is 14.3 Å². The van der Waals surface area contributed by atoms with Crippen LogP contribution in [0.15, 0.2) is 58.4 Å². The summed E-state index contributed by atoms with van der Waals surface area (Å²) in [4.78, 5) is 33.1. The smallest absolute Gasteiger partial charge is 0.267 e. The molecule has 3 aromatic rings. The highest BCUT2D eigenvalue weighted by Gasteiger charge is 2.32. The molecule has 1 amide bonds. The first-order valence-corrected chi connectivity index (χ1v) is 11.9. The number of aryl methyl sites for hydroxylation is 1. The Bertz CT molecular complexity index is 1310. The van der Waals surface area contributed by atoms with Gasteiger partial charge in [0, 0.05) is 12.7 Å². The number of fused-ring (bicyclic) bond motifs is 1. The summed E-state index contributed by atoms with van der Waals surface area (Å²) in [5.41, 5.74) is 2.34. The molecule has 1 aliphatic rings. The van der Waals surface area contributed by atoms with Gasteiger partial charge in [-0.3, -0.25) is 18.9 Å². The van der Waals surface area contributed by atoms with E-state index >= 15 is 0 Å². The minimum Gasteiger partial charge on any atom is -0.394 e. The first-order valence-electron chi connectivity index (χ1n) is 10.7. The Morgan fingerprint density at radius 3 is 2.74 bits per heavy atom. The van der Waals surface area contributed by atoms with E-state index in [0.717, 1.165) is 11.1 Å². The predicted molar refractivity (Wildman–Crippen MR) is 138 cm³/mol. The number of aliphatic hydroxyl groups excluding tert-OH is 1. The van der Waals surface area contributed by atoms with Gasteiger partial charge in [-0.1, -0.05) is 60.4 Å². The molecule has 8 nitrogen and oxygen atoms in total. The SMILES string of the molecule is Cc1ccc2nc(NCCOCCO)c(/C=C3/SC(=S)N(Cc4ccccc4)C3=O)c(=O)n2c1. The number of benzene rings is 1. The molecule has 10 heteroatoms. The number of nitrogens with one attached hydrogen (secondary N) is 1. The van der Waals surface area contributed by atoms with E-state index in [1.165, 1.54) is 21.1 Å². The van der Waals surface area contributed by atoms with Crippen molar-refractivity contribution >= 4 is 51.7 Å². The highest BCUT2D eigenvalue weighted by molar-refractivity contribution is 8.26. The number of anilines is 1. The summed E-state index contributed by atoms with van der Waals surface area (Å²) in [6.45, 7) is 3.13. The molecule has 0 spiro atoms. The summed E-state index contributed by atoms with van der Waals surface area (Å²) in [5, 5.41) is 12.0. The number of thioether (sulfide) groups is 1. The van der Waals surface area contributed by atoms with E-state index in [1.807, 2.05) is 43.3 Å². The molecule has 0 atom stereocenters. The maximum atomic E-state index is 13.4. The fraction of sp³-hybridized carbons (Fsp3) is 0.250. The van der Waals surface area contributed by atoms with Gasteiger partial charge >= 0.3 is 0 Å². The molecule has 4 rings (SSSR count). The second-order valence-corrected chi connectivity index (χ2v) is 9.31. The third-order valence-corrected chi connectivity index (χ3v) is 6.49. The number of hydrogen-bond donors (Lipinski definition) is 2. The number of aromatic nitrogens is 2. The van der Waals surface area contributed by atoms with Crippen LogP contribution >= 0.6 is 24.0 Å². The summed E-state index contributed by atoms with van der Waals surface area (Å²) in [6, 6.07) is 13.3. The summed E-state index contributed by atoms with van der Waals surface area (Å²) >= 11 is 6.63. The Balaban J connectivity index is 1.68. The van der Waals surface area contributed by atoms with Gasteiger partial charge in [0.15, 0.2) is 0 Å². The Kier molecular flexibility index (Phi) is 7.73. The zero-order valence-electron chi connectivity index (χ0n) is 18.6. The topological polar surface area (TPSA) is 96.2 Å². The van der Waals surface area contributed by atoms with Crippen molar-refractivity contribution in [2.24, 2.45) is 0 Å². The first kappa shape index (κ1) is 24.1. The molecule has 0 radical (unpaired) electrons. The third-order valence-electron chi connectivity index (χ3n) is 5.11. The fourth-order valence-electron chi connectivity index (χ4n) is 3.47. The normalized spacial score (nSPS) is 15.0. The van der Waals surface area contributed by atoms with Gasteiger partial charge in [-0.2, -0.15) is 0 Å². The van der Waals surface area contributed by atoms with E-state index in [-0.39, 0.29) is 30.2 Å². The molecule has 1 aromatic carbocycles. The second kappa shape index (κ2) is 10.9. The minimum atomic E-state index is -0.291. The second-order valence-electron chi connectivity index (χ2n) is 7.63. The Morgan fingerprint density at radius 1 is 1.18 bits per heavy atom. The zero-order valence-corrected chi connectivity index (χ0v) is 20.2. The Morgan fingerprint density at radius 2 is 1.97 bits per heavy atom. The molecule has 1 aliphatic heterocycles. The fourth-order valence-corrected chi connectivity index (χ4v) is 4.70. The lowest BCUT2D eigenvalue weighted by Crippen LogP contribution is -2.27. The van der Waals surface area contributed by atoms with E-state index in [9.17, 15) is 9.59 Å².